The van der Waals surface area contributed by atoms with E-state index in [9.17, 15) is 19.4 Å². The van der Waals surface area contributed by atoms with Crippen LogP contribution in [0.4, 0.5) is 0 Å². The van der Waals surface area contributed by atoms with Crippen molar-refractivity contribution in [3.8, 4) is 0 Å². The average molecular weight is 993 g/mol. The van der Waals surface area contributed by atoms with Gasteiger partial charge in [0.15, 0.2) is 0 Å². The Morgan fingerprint density at radius 1 is 0.478 bits per heavy atom. The van der Waals surface area contributed by atoms with Gasteiger partial charge in [0.05, 0.1) is 39.9 Å². The summed E-state index contributed by atoms with van der Waals surface area (Å²) in [5, 5.41) is 13.9. The number of allylic oxidation sites excluding steroid dienone is 7. The lowest BCUT2D eigenvalue weighted by Crippen LogP contribution is -2.45. The number of nitrogens with zero attached hydrogens (tertiary/aromatic N) is 1. The molecule has 0 fully saturated rings. The molecule has 0 aromatic carbocycles. The number of nitrogens with one attached hydrogen (secondary N) is 1. The molecule has 0 aliphatic rings. The van der Waals surface area contributed by atoms with Crippen LogP contribution in [0.2, 0.25) is 0 Å². The van der Waals surface area contributed by atoms with E-state index in [1.165, 1.54) is 212 Å². The second-order valence-corrected chi connectivity index (χ2v) is 22.8. The fourth-order valence-electron chi connectivity index (χ4n) is 8.60. The number of hydrogen-bond donors (Lipinski definition) is 3. The maximum atomic E-state index is 13.0. The van der Waals surface area contributed by atoms with Crippen molar-refractivity contribution in [2.75, 3.05) is 40.9 Å². The fourth-order valence-corrected chi connectivity index (χ4v) is 9.34. The van der Waals surface area contributed by atoms with Crippen molar-refractivity contribution in [1.29, 1.82) is 0 Å². The van der Waals surface area contributed by atoms with E-state index in [4.69, 9.17) is 9.05 Å². The number of rotatable bonds is 54. The summed E-state index contributed by atoms with van der Waals surface area (Å²) in [6, 6.07) is -0.869. The van der Waals surface area contributed by atoms with Crippen LogP contribution in [0, 0.1) is 0 Å². The molecule has 0 heterocycles. The van der Waals surface area contributed by atoms with Gasteiger partial charge in [-0.25, -0.2) is 4.57 Å². The Morgan fingerprint density at radius 3 is 1.17 bits per heavy atom. The molecule has 0 aliphatic heterocycles. The third kappa shape index (κ3) is 54.1. The van der Waals surface area contributed by atoms with E-state index in [0.717, 1.165) is 44.9 Å². The first kappa shape index (κ1) is 67.5. The minimum Gasteiger partial charge on any atom is -0.387 e. The molecule has 0 aromatic rings. The molecule has 8 nitrogen and oxygen atoms in total. The van der Waals surface area contributed by atoms with E-state index >= 15 is 0 Å². The standard InChI is InChI=1S/C60H115N2O6P/c1-6-8-10-12-14-16-18-20-22-23-24-25-26-27-28-29-30-31-32-33-34-35-36-37-38-39-40-42-44-46-48-50-52-54-60(64)61-58(57-68-69(65,66)67-56-55-62(3,4)5)59(63)53-51-49-47-45-43-41-21-19-17-15-13-11-9-7-2/h17,19,27-28,43,45,51,53,58-59,63H,6-16,18,20-26,29-42,44,46-50,52,54-57H2,1-5H3,(H-,61,64,65,66)/p+1/b19-17+,28-27-,45-43+,53-51+. The molecule has 0 saturated heterocycles. The Kier molecular flexibility index (Phi) is 50.2. The van der Waals surface area contributed by atoms with Gasteiger partial charge >= 0.3 is 7.82 Å². The summed E-state index contributed by atoms with van der Waals surface area (Å²) in [6.07, 6.45) is 68.1. The van der Waals surface area contributed by atoms with E-state index in [1.54, 1.807) is 6.08 Å². The molecule has 1 amide bonds. The Morgan fingerprint density at radius 2 is 0.797 bits per heavy atom. The summed E-state index contributed by atoms with van der Waals surface area (Å²) in [6.45, 7) is 4.78. The Hall–Kier alpha value is -1.54. The number of aliphatic hydroxyl groups excluding tert-OH is 1. The number of phosphoric ester groups is 1. The van der Waals surface area contributed by atoms with Gasteiger partial charge < -0.3 is 19.8 Å². The number of hydrogen-bond acceptors (Lipinski definition) is 5. The van der Waals surface area contributed by atoms with Crippen LogP contribution in [0.5, 0.6) is 0 Å². The van der Waals surface area contributed by atoms with Gasteiger partial charge in [0.2, 0.25) is 5.91 Å². The van der Waals surface area contributed by atoms with Crippen molar-refractivity contribution in [2.45, 2.75) is 289 Å². The number of carbonyl (C=O) groups is 1. The highest BCUT2D eigenvalue weighted by Gasteiger charge is 2.27. The van der Waals surface area contributed by atoms with Gasteiger partial charge in [-0.3, -0.25) is 13.8 Å². The molecule has 3 atom stereocenters. The quantitative estimate of drug-likeness (QED) is 0.0243. The highest BCUT2D eigenvalue weighted by Crippen LogP contribution is 2.43. The molecule has 406 valence electrons. The summed E-state index contributed by atoms with van der Waals surface area (Å²) in [5.74, 6) is -0.189. The number of phosphoric acid groups is 1. The molecule has 69 heavy (non-hydrogen) atoms. The third-order valence-electron chi connectivity index (χ3n) is 13.2. The van der Waals surface area contributed by atoms with Crippen LogP contribution in [0.15, 0.2) is 48.6 Å². The highest BCUT2D eigenvalue weighted by molar-refractivity contribution is 7.47. The normalized spacial score (nSPS) is 14.2. The van der Waals surface area contributed by atoms with E-state index in [0.29, 0.717) is 17.4 Å². The Balaban J connectivity index is 4.03. The number of unbranched alkanes of at least 4 members (excludes halogenated alkanes) is 35. The number of aliphatic hydroxyl groups is 1. The second kappa shape index (κ2) is 51.4. The fraction of sp³-hybridized carbons (Fsp3) is 0.850. The molecule has 0 radical (unpaired) electrons. The van der Waals surface area contributed by atoms with Crippen molar-refractivity contribution in [3.05, 3.63) is 48.6 Å². The number of likely N-dealkylation sites (N-methyl/N-ethyl adjacent to an activating group) is 1. The van der Waals surface area contributed by atoms with Gasteiger partial charge in [-0.2, -0.15) is 0 Å². The summed E-state index contributed by atoms with van der Waals surface area (Å²) in [5.41, 5.74) is 0. The molecule has 0 bridgehead atoms. The zero-order chi connectivity index (χ0) is 50.6. The lowest BCUT2D eigenvalue weighted by molar-refractivity contribution is -0.870. The molecule has 0 spiro atoms. The molecule has 0 aromatic heterocycles. The first-order chi connectivity index (χ1) is 33.5. The molecule has 0 rings (SSSR count). The third-order valence-corrected chi connectivity index (χ3v) is 14.2. The zero-order valence-electron chi connectivity index (χ0n) is 46.3. The Bertz CT molecular complexity index is 1260. The van der Waals surface area contributed by atoms with Crippen LogP contribution in [-0.4, -0.2) is 73.4 Å². The summed E-state index contributed by atoms with van der Waals surface area (Å²) in [4.78, 5) is 23.2. The molecule has 0 aliphatic carbocycles. The van der Waals surface area contributed by atoms with Gasteiger partial charge in [-0.1, -0.05) is 249 Å². The van der Waals surface area contributed by atoms with E-state index in [-0.39, 0.29) is 19.1 Å². The van der Waals surface area contributed by atoms with Gasteiger partial charge in [-0.15, -0.1) is 0 Å². The monoisotopic (exact) mass is 992 g/mol. The lowest BCUT2D eigenvalue weighted by Gasteiger charge is -2.25. The average Bonchev–Trinajstić information content (AvgIpc) is 3.31. The molecule has 0 saturated carbocycles. The number of amides is 1. The van der Waals surface area contributed by atoms with Crippen molar-refractivity contribution in [1.82, 2.24) is 5.32 Å². The predicted molar refractivity (Wildman–Crippen MR) is 300 cm³/mol. The van der Waals surface area contributed by atoms with Crippen LogP contribution < -0.4 is 5.32 Å². The van der Waals surface area contributed by atoms with Crippen LogP contribution in [0.25, 0.3) is 0 Å². The molecule has 3 unspecified atom stereocenters. The van der Waals surface area contributed by atoms with Crippen LogP contribution >= 0.6 is 7.82 Å². The number of carbonyl (C=O) groups excluding carboxylic acids is 1. The SMILES string of the molecule is CCCCCC/C=C/CC/C=C/CC/C=C/C(O)C(COP(=O)(O)OCC[N+](C)(C)C)NC(=O)CCCCCCCCCCCCCCCCCCC/C=C\CCCCCCCCCCCCCC. The van der Waals surface area contributed by atoms with Gasteiger partial charge in [-0.05, 0) is 70.6 Å². The second-order valence-electron chi connectivity index (χ2n) is 21.3. The molecule has 3 N–H and O–H groups in total. The molecular weight excluding hydrogens is 876 g/mol. The van der Waals surface area contributed by atoms with Gasteiger partial charge in [0.25, 0.3) is 0 Å². The smallest absolute Gasteiger partial charge is 0.387 e. The van der Waals surface area contributed by atoms with Crippen LogP contribution in [-0.2, 0) is 18.4 Å². The van der Waals surface area contributed by atoms with E-state index in [1.807, 2.05) is 27.2 Å². The predicted octanol–water partition coefficient (Wildman–Crippen LogP) is 17.9. The summed E-state index contributed by atoms with van der Waals surface area (Å²) < 4.78 is 23.6. The topological polar surface area (TPSA) is 105 Å². The minimum atomic E-state index is -4.35. The van der Waals surface area contributed by atoms with Gasteiger partial charge in [0.1, 0.15) is 13.2 Å². The first-order valence-electron chi connectivity index (χ1n) is 29.5. The van der Waals surface area contributed by atoms with Crippen molar-refractivity contribution < 1.29 is 32.9 Å². The zero-order valence-corrected chi connectivity index (χ0v) is 47.2. The van der Waals surface area contributed by atoms with E-state index in [2.05, 4.69) is 55.6 Å². The van der Waals surface area contributed by atoms with Crippen LogP contribution in [0.1, 0.15) is 277 Å². The Labute approximate surface area is 429 Å². The molecular formula is C60H116N2O6P+. The van der Waals surface area contributed by atoms with Crippen molar-refractivity contribution in [3.63, 3.8) is 0 Å². The summed E-state index contributed by atoms with van der Waals surface area (Å²) in [7, 11) is 1.55. The lowest BCUT2D eigenvalue weighted by atomic mass is 10.0. The summed E-state index contributed by atoms with van der Waals surface area (Å²) >= 11 is 0. The highest BCUT2D eigenvalue weighted by atomic mass is 31.2. The van der Waals surface area contributed by atoms with Crippen LogP contribution in [0.3, 0.4) is 0 Å². The minimum absolute atomic E-state index is 0.0537. The maximum absolute atomic E-state index is 13.0. The number of quaternary nitrogens is 1. The first-order valence-corrected chi connectivity index (χ1v) is 31.0. The maximum Gasteiger partial charge on any atom is 0.472 e. The molecule has 9 heteroatoms. The van der Waals surface area contributed by atoms with Gasteiger partial charge in [0, 0.05) is 6.42 Å². The van der Waals surface area contributed by atoms with Crippen molar-refractivity contribution >= 4 is 13.7 Å². The largest absolute Gasteiger partial charge is 0.472 e. The van der Waals surface area contributed by atoms with Crippen molar-refractivity contribution in [2.24, 2.45) is 0 Å². The van der Waals surface area contributed by atoms with E-state index < -0.39 is 20.0 Å².